The molecule has 0 amide bonds. The molecule has 0 spiro atoms. The van der Waals surface area contributed by atoms with Gasteiger partial charge in [-0.1, -0.05) is 11.6 Å². The second-order valence-electron chi connectivity index (χ2n) is 3.55. The van der Waals surface area contributed by atoms with E-state index < -0.39 is 5.60 Å². The average molecular weight is 164 g/mol. The molecule has 2 N–H and O–H groups in total. The molecule has 0 bridgehead atoms. The SMILES string of the molecule is Cc1ccc(O)c(C2(O)CC2)c1. The summed E-state index contributed by atoms with van der Waals surface area (Å²) in [7, 11) is 0. The zero-order chi connectivity index (χ0) is 8.77. The molecule has 0 saturated heterocycles. The first-order valence-electron chi connectivity index (χ1n) is 4.14. The minimum atomic E-state index is -0.726. The summed E-state index contributed by atoms with van der Waals surface area (Å²) in [4.78, 5) is 0. The van der Waals surface area contributed by atoms with E-state index in [-0.39, 0.29) is 5.75 Å². The fraction of sp³-hybridized carbons (Fsp3) is 0.400. The van der Waals surface area contributed by atoms with Gasteiger partial charge in [0.25, 0.3) is 0 Å². The molecule has 0 unspecified atom stereocenters. The van der Waals surface area contributed by atoms with Crippen molar-refractivity contribution in [1.82, 2.24) is 0 Å². The number of aromatic hydroxyl groups is 1. The molecule has 1 saturated carbocycles. The molecule has 1 aromatic rings. The molecule has 0 heterocycles. The van der Waals surface area contributed by atoms with E-state index in [2.05, 4.69) is 0 Å². The average Bonchev–Trinajstić information content (AvgIpc) is 2.75. The van der Waals surface area contributed by atoms with Gasteiger partial charge in [-0.15, -0.1) is 0 Å². The van der Waals surface area contributed by atoms with E-state index in [1.807, 2.05) is 19.1 Å². The van der Waals surface area contributed by atoms with Crippen LogP contribution in [-0.4, -0.2) is 10.2 Å². The van der Waals surface area contributed by atoms with Crippen molar-refractivity contribution in [1.29, 1.82) is 0 Å². The van der Waals surface area contributed by atoms with Crippen LogP contribution in [0.5, 0.6) is 5.75 Å². The van der Waals surface area contributed by atoms with Crippen LogP contribution in [0, 0.1) is 6.92 Å². The molecule has 2 nitrogen and oxygen atoms in total. The number of rotatable bonds is 1. The lowest BCUT2D eigenvalue weighted by Gasteiger charge is -2.10. The highest BCUT2D eigenvalue weighted by molar-refractivity contribution is 5.42. The summed E-state index contributed by atoms with van der Waals surface area (Å²) >= 11 is 0. The third kappa shape index (κ3) is 1.08. The Labute approximate surface area is 71.5 Å². The van der Waals surface area contributed by atoms with E-state index in [4.69, 9.17) is 0 Å². The minimum Gasteiger partial charge on any atom is -0.508 e. The Bertz CT molecular complexity index is 314. The van der Waals surface area contributed by atoms with Gasteiger partial charge in [-0.05, 0) is 31.9 Å². The summed E-state index contributed by atoms with van der Waals surface area (Å²) in [5, 5.41) is 19.2. The highest BCUT2D eigenvalue weighted by Gasteiger charge is 2.43. The van der Waals surface area contributed by atoms with Gasteiger partial charge in [0.15, 0.2) is 0 Å². The predicted octanol–water partition coefficient (Wildman–Crippen LogP) is 1.68. The van der Waals surface area contributed by atoms with Gasteiger partial charge in [-0.2, -0.15) is 0 Å². The highest BCUT2D eigenvalue weighted by Crippen LogP contribution is 2.48. The Morgan fingerprint density at radius 2 is 2.00 bits per heavy atom. The predicted molar refractivity (Wildman–Crippen MR) is 46.0 cm³/mol. The highest BCUT2D eigenvalue weighted by atomic mass is 16.3. The fourth-order valence-electron chi connectivity index (χ4n) is 1.41. The van der Waals surface area contributed by atoms with Gasteiger partial charge in [0, 0.05) is 5.56 Å². The van der Waals surface area contributed by atoms with Gasteiger partial charge in [0.1, 0.15) is 5.75 Å². The monoisotopic (exact) mass is 164 g/mol. The zero-order valence-corrected chi connectivity index (χ0v) is 7.04. The van der Waals surface area contributed by atoms with Crippen molar-refractivity contribution in [2.75, 3.05) is 0 Å². The largest absolute Gasteiger partial charge is 0.508 e. The van der Waals surface area contributed by atoms with E-state index in [1.54, 1.807) is 6.07 Å². The molecule has 0 aromatic heterocycles. The number of hydrogen-bond donors (Lipinski definition) is 2. The van der Waals surface area contributed by atoms with Crippen molar-refractivity contribution in [3.05, 3.63) is 29.3 Å². The van der Waals surface area contributed by atoms with Crippen molar-refractivity contribution in [3.63, 3.8) is 0 Å². The van der Waals surface area contributed by atoms with Crippen LogP contribution in [0.2, 0.25) is 0 Å². The molecule has 1 aromatic carbocycles. The molecule has 12 heavy (non-hydrogen) atoms. The van der Waals surface area contributed by atoms with Crippen LogP contribution in [0.1, 0.15) is 24.0 Å². The molecular formula is C10H12O2. The second kappa shape index (κ2) is 2.23. The van der Waals surface area contributed by atoms with Crippen molar-refractivity contribution < 1.29 is 10.2 Å². The maximum absolute atomic E-state index is 9.75. The van der Waals surface area contributed by atoms with Gasteiger partial charge >= 0.3 is 0 Å². The Kier molecular flexibility index (Phi) is 1.42. The molecule has 1 aliphatic rings. The first-order chi connectivity index (χ1) is 5.62. The molecule has 64 valence electrons. The summed E-state index contributed by atoms with van der Waals surface area (Å²) in [6.07, 6.45) is 1.54. The van der Waals surface area contributed by atoms with Gasteiger partial charge in [0.2, 0.25) is 0 Å². The van der Waals surface area contributed by atoms with Crippen LogP contribution in [0.3, 0.4) is 0 Å². The lowest BCUT2D eigenvalue weighted by Crippen LogP contribution is -2.04. The van der Waals surface area contributed by atoms with E-state index >= 15 is 0 Å². The maximum Gasteiger partial charge on any atom is 0.121 e. The van der Waals surface area contributed by atoms with Gasteiger partial charge < -0.3 is 10.2 Å². The molecule has 0 atom stereocenters. The second-order valence-corrected chi connectivity index (χ2v) is 3.55. The van der Waals surface area contributed by atoms with Crippen LogP contribution in [0.4, 0.5) is 0 Å². The first-order valence-corrected chi connectivity index (χ1v) is 4.14. The van der Waals surface area contributed by atoms with Crippen LogP contribution in [-0.2, 0) is 5.60 Å². The van der Waals surface area contributed by atoms with Crippen LogP contribution in [0.25, 0.3) is 0 Å². The van der Waals surface area contributed by atoms with E-state index in [0.29, 0.717) is 5.56 Å². The van der Waals surface area contributed by atoms with E-state index in [0.717, 1.165) is 18.4 Å². The molecule has 2 rings (SSSR count). The summed E-state index contributed by atoms with van der Waals surface area (Å²) in [6, 6.07) is 5.33. The maximum atomic E-state index is 9.75. The summed E-state index contributed by atoms with van der Waals surface area (Å²) in [6.45, 7) is 1.95. The summed E-state index contributed by atoms with van der Waals surface area (Å²) in [5.41, 5.74) is 1.03. The number of aryl methyl sites for hydroxylation is 1. The van der Waals surface area contributed by atoms with Crippen molar-refractivity contribution >= 4 is 0 Å². The Morgan fingerprint density at radius 1 is 1.33 bits per heavy atom. The third-order valence-corrected chi connectivity index (χ3v) is 2.38. The minimum absolute atomic E-state index is 0.209. The standard InChI is InChI=1S/C10H12O2/c1-7-2-3-9(11)8(6-7)10(12)4-5-10/h2-3,6,11-12H,4-5H2,1H3. The van der Waals surface area contributed by atoms with Crippen molar-refractivity contribution in [2.45, 2.75) is 25.4 Å². The van der Waals surface area contributed by atoms with E-state index in [9.17, 15) is 10.2 Å². The van der Waals surface area contributed by atoms with Crippen LogP contribution in [0.15, 0.2) is 18.2 Å². The lowest BCUT2D eigenvalue weighted by atomic mass is 10.0. The summed E-state index contributed by atoms with van der Waals surface area (Å²) < 4.78 is 0. The first kappa shape index (κ1) is 7.62. The zero-order valence-electron chi connectivity index (χ0n) is 7.04. The lowest BCUT2D eigenvalue weighted by molar-refractivity contribution is 0.148. The fourth-order valence-corrected chi connectivity index (χ4v) is 1.41. The van der Waals surface area contributed by atoms with Gasteiger partial charge in [0.05, 0.1) is 5.60 Å². The van der Waals surface area contributed by atoms with Crippen LogP contribution >= 0.6 is 0 Å². The normalized spacial score (nSPS) is 19.2. The number of phenols is 1. The Hall–Kier alpha value is -1.02. The van der Waals surface area contributed by atoms with Crippen LogP contribution < -0.4 is 0 Å². The third-order valence-electron chi connectivity index (χ3n) is 2.38. The molecule has 0 aliphatic heterocycles. The molecule has 1 fully saturated rings. The Morgan fingerprint density at radius 3 is 2.58 bits per heavy atom. The quantitative estimate of drug-likeness (QED) is 0.663. The van der Waals surface area contributed by atoms with Crippen molar-refractivity contribution in [2.24, 2.45) is 0 Å². The number of aliphatic hydroxyl groups is 1. The smallest absolute Gasteiger partial charge is 0.121 e. The van der Waals surface area contributed by atoms with E-state index in [1.165, 1.54) is 0 Å². The topological polar surface area (TPSA) is 40.5 Å². The summed E-state index contributed by atoms with van der Waals surface area (Å²) in [5.74, 6) is 0.209. The van der Waals surface area contributed by atoms with Gasteiger partial charge in [-0.25, -0.2) is 0 Å². The Balaban J connectivity index is 2.48. The number of phenolic OH excluding ortho intramolecular Hbond substituents is 1. The molecule has 1 aliphatic carbocycles. The molecular weight excluding hydrogens is 152 g/mol. The van der Waals surface area contributed by atoms with Crippen molar-refractivity contribution in [3.8, 4) is 5.75 Å². The molecule has 0 radical (unpaired) electrons. The number of hydrogen-bond acceptors (Lipinski definition) is 2. The van der Waals surface area contributed by atoms with Gasteiger partial charge in [-0.3, -0.25) is 0 Å². The number of benzene rings is 1. The molecule has 2 heteroatoms.